The molecule has 0 radical (unpaired) electrons. The maximum atomic E-state index is 12.1. The van der Waals surface area contributed by atoms with Crippen molar-refractivity contribution < 1.29 is 19.1 Å². The van der Waals surface area contributed by atoms with E-state index in [1.165, 1.54) is 7.11 Å². The number of hydrogen-bond acceptors (Lipinski definition) is 4. The molecule has 4 nitrogen and oxygen atoms in total. The van der Waals surface area contributed by atoms with Gasteiger partial charge in [0, 0.05) is 10.0 Å². The largest absolute Gasteiger partial charge is 0.496 e. The summed E-state index contributed by atoms with van der Waals surface area (Å²) < 4.78 is 11.0. The fourth-order valence-electron chi connectivity index (χ4n) is 1.94. The zero-order chi connectivity index (χ0) is 16.1. The van der Waals surface area contributed by atoms with Crippen LogP contribution in [0.1, 0.15) is 26.3 Å². The lowest BCUT2D eigenvalue weighted by molar-refractivity contribution is 0.0471. The zero-order valence-corrected chi connectivity index (χ0v) is 13.8. The van der Waals surface area contributed by atoms with Crippen molar-refractivity contribution in [2.24, 2.45) is 0 Å². The Morgan fingerprint density at radius 2 is 1.91 bits per heavy atom. The lowest BCUT2D eigenvalue weighted by Gasteiger charge is -2.09. The third-order valence-corrected chi connectivity index (χ3v) is 3.55. The van der Waals surface area contributed by atoms with E-state index in [4.69, 9.17) is 9.47 Å². The molecule has 114 valence electrons. The van der Waals surface area contributed by atoms with Gasteiger partial charge >= 0.3 is 5.97 Å². The second-order valence-corrected chi connectivity index (χ2v) is 5.63. The first-order chi connectivity index (χ1) is 10.5. The highest BCUT2D eigenvalue weighted by Gasteiger charge is 2.16. The van der Waals surface area contributed by atoms with Crippen LogP contribution in [0.4, 0.5) is 0 Å². The maximum absolute atomic E-state index is 12.1. The predicted molar refractivity (Wildman–Crippen MR) is 86.5 cm³/mol. The standard InChI is InChI=1S/C17H15BrO4/c1-11-6-7-16(21-2)14(8-11)17(20)22-10-15(19)12-4-3-5-13(18)9-12/h3-9H,10H2,1-2H3. The van der Waals surface area contributed by atoms with E-state index < -0.39 is 5.97 Å². The van der Waals surface area contributed by atoms with Crippen molar-refractivity contribution in [2.75, 3.05) is 13.7 Å². The number of carbonyl (C=O) groups excluding carboxylic acids is 2. The van der Waals surface area contributed by atoms with Crippen LogP contribution in [0, 0.1) is 6.92 Å². The Labute approximate surface area is 137 Å². The Balaban J connectivity index is 2.07. The minimum absolute atomic E-state index is 0.263. The van der Waals surface area contributed by atoms with E-state index in [1.54, 1.807) is 30.3 Å². The molecule has 2 rings (SSSR count). The molecule has 0 fully saturated rings. The number of esters is 1. The normalized spacial score (nSPS) is 10.1. The number of aryl methyl sites for hydroxylation is 1. The van der Waals surface area contributed by atoms with Gasteiger partial charge in [-0.3, -0.25) is 4.79 Å². The Morgan fingerprint density at radius 1 is 1.14 bits per heavy atom. The van der Waals surface area contributed by atoms with E-state index in [-0.39, 0.29) is 12.4 Å². The van der Waals surface area contributed by atoms with Crippen LogP contribution in [0.2, 0.25) is 0 Å². The highest BCUT2D eigenvalue weighted by atomic mass is 79.9. The second kappa shape index (κ2) is 7.22. The number of Topliss-reactive ketones (excluding diaryl/α,β-unsaturated/α-hetero) is 1. The second-order valence-electron chi connectivity index (χ2n) is 4.71. The molecule has 0 heterocycles. The molecule has 0 aliphatic heterocycles. The fourth-order valence-corrected chi connectivity index (χ4v) is 2.33. The summed E-state index contributed by atoms with van der Waals surface area (Å²) in [5.74, 6) is -0.421. The number of carbonyl (C=O) groups is 2. The molecule has 0 saturated carbocycles. The van der Waals surface area contributed by atoms with Gasteiger partial charge in [-0.25, -0.2) is 4.79 Å². The SMILES string of the molecule is COc1ccc(C)cc1C(=O)OCC(=O)c1cccc(Br)c1. The lowest BCUT2D eigenvalue weighted by atomic mass is 10.1. The van der Waals surface area contributed by atoms with Crippen molar-refractivity contribution in [1.82, 2.24) is 0 Å². The van der Waals surface area contributed by atoms with Gasteiger partial charge in [0.15, 0.2) is 12.4 Å². The fraction of sp³-hybridized carbons (Fsp3) is 0.176. The first-order valence-electron chi connectivity index (χ1n) is 6.62. The molecule has 0 unspecified atom stereocenters. The van der Waals surface area contributed by atoms with Gasteiger partial charge in [-0.15, -0.1) is 0 Å². The van der Waals surface area contributed by atoms with Crippen molar-refractivity contribution in [3.8, 4) is 5.75 Å². The summed E-state index contributed by atoms with van der Waals surface area (Å²) in [6.07, 6.45) is 0. The Kier molecular flexibility index (Phi) is 5.33. The molecular weight excluding hydrogens is 348 g/mol. The van der Waals surface area contributed by atoms with Crippen molar-refractivity contribution in [3.05, 3.63) is 63.6 Å². The third kappa shape index (κ3) is 3.95. The highest BCUT2D eigenvalue weighted by molar-refractivity contribution is 9.10. The molecule has 2 aromatic rings. The minimum atomic E-state index is -0.580. The molecular formula is C17H15BrO4. The van der Waals surface area contributed by atoms with Gasteiger partial charge in [0.2, 0.25) is 0 Å². The van der Waals surface area contributed by atoms with Gasteiger partial charge in [-0.1, -0.05) is 39.7 Å². The maximum Gasteiger partial charge on any atom is 0.342 e. The molecule has 22 heavy (non-hydrogen) atoms. The lowest BCUT2D eigenvalue weighted by Crippen LogP contribution is -2.15. The number of rotatable bonds is 5. The van der Waals surface area contributed by atoms with Crippen LogP contribution in [0.25, 0.3) is 0 Å². The molecule has 0 saturated heterocycles. The van der Waals surface area contributed by atoms with E-state index in [0.717, 1.165) is 10.0 Å². The van der Waals surface area contributed by atoms with Crippen LogP contribution >= 0.6 is 15.9 Å². The van der Waals surface area contributed by atoms with E-state index >= 15 is 0 Å². The van der Waals surface area contributed by atoms with Crippen LogP contribution in [-0.4, -0.2) is 25.5 Å². The minimum Gasteiger partial charge on any atom is -0.496 e. The predicted octanol–water partition coefficient (Wildman–Crippen LogP) is 3.81. The summed E-state index contributed by atoms with van der Waals surface area (Å²) in [5.41, 5.74) is 1.70. The average Bonchev–Trinajstić information content (AvgIpc) is 2.52. The third-order valence-electron chi connectivity index (χ3n) is 3.06. The quantitative estimate of drug-likeness (QED) is 0.599. The molecule has 0 atom stereocenters. The molecule has 5 heteroatoms. The molecule has 0 spiro atoms. The highest BCUT2D eigenvalue weighted by Crippen LogP contribution is 2.20. The Morgan fingerprint density at radius 3 is 2.59 bits per heavy atom. The van der Waals surface area contributed by atoms with Gasteiger partial charge < -0.3 is 9.47 Å². The van der Waals surface area contributed by atoms with Crippen molar-refractivity contribution in [2.45, 2.75) is 6.92 Å². The summed E-state index contributed by atoms with van der Waals surface area (Å²) in [5, 5.41) is 0. The van der Waals surface area contributed by atoms with Gasteiger partial charge in [0.25, 0.3) is 0 Å². The summed E-state index contributed by atoms with van der Waals surface area (Å²) in [7, 11) is 1.48. The summed E-state index contributed by atoms with van der Waals surface area (Å²) in [4.78, 5) is 24.1. The number of hydrogen-bond donors (Lipinski definition) is 0. The number of ether oxygens (including phenoxy) is 2. The topological polar surface area (TPSA) is 52.6 Å². The Hall–Kier alpha value is -2.14. The summed E-state index contributed by atoms with van der Waals surface area (Å²) in [6, 6.07) is 12.1. The van der Waals surface area contributed by atoms with E-state index in [0.29, 0.717) is 16.9 Å². The van der Waals surface area contributed by atoms with E-state index in [2.05, 4.69) is 15.9 Å². The van der Waals surface area contributed by atoms with Gasteiger partial charge in [-0.2, -0.15) is 0 Å². The molecule has 0 aliphatic carbocycles. The molecule has 0 bridgehead atoms. The zero-order valence-electron chi connectivity index (χ0n) is 12.3. The van der Waals surface area contributed by atoms with Gasteiger partial charge in [-0.05, 0) is 31.2 Å². The number of halogens is 1. The average molecular weight is 363 g/mol. The molecule has 0 aromatic heterocycles. The smallest absolute Gasteiger partial charge is 0.342 e. The molecule has 2 aromatic carbocycles. The van der Waals surface area contributed by atoms with Crippen LogP contribution in [0.15, 0.2) is 46.9 Å². The molecule has 0 amide bonds. The van der Waals surface area contributed by atoms with Crippen LogP contribution < -0.4 is 4.74 Å². The number of ketones is 1. The summed E-state index contributed by atoms with van der Waals surface area (Å²) in [6.45, 7) is 1.55. The Bertz CT molecular complexity index is 710. The van der Waals surface area contributed by atoms with Crippen LogP contribution in [0.3, 0.4) is 0 Å². The van der Waals surface area contributed by atoms with Crippen molar-refractivity contribution in [3.63, 3.8) is 0 Å². The summed E-state index contributed by atoms with van der Waals surface area (Å²) >= 11 is 3.30. The van der Waals surface area contributed by atoms with Gasteiger partial charge in [0.1, 0.15) is 11.3 Å². The first-order valence-corrected chi connectivity index (χ1v) is 7.41. The van der Waals surface area contributed by atoms with Crippen LogP contribution in [-0.2, 0) is 4.74 Å². The van der Waals surface area contributed by atoms with Crippen molar-refractivity contribution >= 4 is 27.7 Å². The van der Waals surface area contributed by atoms with Gasteiger partial charge in [0.05, 0.1) is 7.11 Å². The van der Waals surface area contributed by atoms with E-state index in [9.17, 15) is 9.59 Å². The van der Waals surface area contributed by atoms with Crippen LogP contribution in [0.5, 0.6) is 5.75 Å². The number of benzene rings is 2. The first kappa shape index (κ1) is 16.2. The van der Waals surface area contributed by atoms with E-state index in [1.807, 2.05) is 19.1 Å². The molecule has 0 N–H and O–H groups in total. The monoisotopic (exact) mass is 362 g/mol. The van der Waals surface area contributed by atoms with Crippen molar-refractivity contribution in [1.29, 1.82) is 0 Å². The number of methoxy groups -OCH3 is 1. The molecule has 0 aliphatic rings.